The minimum Gasteiger partial charge on any atom is -0.346 e. The van der Waals surface area contributed by atoms with Crippen molar-refractivity contribution in [3.05, 3.63) is 95.6 Å². The maximum Gasteiger partial charge on any atom is 0.251 e. The van der Waals surface area contributed by atoms with Crippen molar-refractivity contribution in [1.82, 2.24) is 35.3 Å². The standard InChI is InChI=1S/C23H21N7O/c1-2-13-29-17-21(26-27-29)22(14-18-9-5-3-6-10-18)30-16-20(25-28-30)15-24-23(31)19-11-7-4-8-12-19/h1,3-12,16-17,22H,13-15H2,(H,24,31)/t22-/m0/s1. The van der Waals surface area contributed by atoms with Crippen LogP contribution in [0.1, 0.15) is 33.4 Å². The lowest BCUT2D eigenvalue weighted by atomic mass is 10.0. The van der Waals surface area contributed by atoms with Gasteiger partial charge in [-0.05, 0) is 17.7 Å². The van der Waals surface area contributed by atoms with Crippen molar-refractivity contribution >= 4 is 5.91 Å². The number of aromatic nitrogens is 6. The summed E-state index contributed by atoms with van der Waals surface area (Å²) in [6.07, 6.45) is 9.69. The van der Waals surface area contributed by atoms with Gasteiger partial charge in [-0.3, -0.25) is 4.79 Å². The first-order valence-corrected chi connectivity index (χ1v) is 9.84. The molecule has 2 aromatic carbocycles. The van der Waals surface area contributed by atoms with E-state index in [0.717, 1.165) is 11.3 Å². The fraction of sp³-hybridized carbons (Fsp3) is 0.174. The minimum absolute atomic E-state index is 0.159. The van der Waals surface area contributed by atoms with Crippen LogP contribution in [0, 0.1) is 12.3 Å². The normalized spacial score (nSPS) is 11.6. The van der Waals surface area contributed by atoms with E-state index < -0.39 is 0 Å². The third kappa shape index (κ3) is 5.03. The van der Waals surface area contributed by atoms with Crippen molar-refractivity contribution in [2.24, 2.45) is 0 Å². The molecule has 8 nitrogen and oxygen atoms in total. The molecule has 0 aliphatic heterocycles. The predicted molar refractivity (Wildman–Crippen MR) is 115 cm³/mol. The highest BCUT2D eigenvalue weighted by atomic mass is 16.1. The summed E-state index contributed by atoms with van der Waals surface area (Å²) in [6.45, 7) is 0.620. The second kappa shape index (κ2) is 9.50. The molecular formula is C23H21N7O. The highest BCUT2D eigenvalue weighted by Gasteiger charge is 2.20. The molecule has 0 spiro atoms. The Labute approximate surface area is 179 Å². The van der Waals surface area contributed by atoms with E-state index in [1.54, 1.807) is 21.5 Å². The zero-order valence-corrected chi connectivity index (χ0v) is 16.8. The van der Waals surface area contributed by atoms with Crippen molar-refractivity contribution in [3.8, 4) is 12.3 Å². The van der Waals surface area contributed by atoms with Gasteiger partial charge in [0, 0.05) is 12.0 Å². The van der Waals surface area contributed by atoms with Gasteiger partial charge >= 0.3 is 0 Å². The van der Waals surface area contributed by atoms with E-state index in [1.807, 2.05) is 48.8 Å². The molecule has 4 aromatic rings. The van der Waals surface area contributed by atoms with Gasteiger partial charge in [0.15, 0.2) is 0 Å². The Balaban J connectivity index is 1.52. The monoisotopic (exact) mass is 411 g/mol. The van der Waals surface area contributed by atoms with E-state index in [-0.39, 0.29) is 18.5 Å². The van der Waals surface area contributed by atoms with Gasteiger partial charge in [0.25, 0.3) is 5.91 Å². The van der Waals surface area contributed by atoms with Crippen LogP contribution in [0.4, 0.5) is 0 Å². The smallest absolute Gasteiger partial charge is 0.251 e. The number of benzene rings is 2. The van der Waals surface area contributed by atoms with Crippen molar-refractivity contribution in [2.45, 2.75) is 25.6 Å². The molecule has 0 aliphatic carbocycles. The topological polar surface area (TPSA) is 90.5 Å². The predicted octanol–water partition coefficient (Wildman–Crippen LogP) is 2.26. The van der Waals surface area contributed by atoms with Gasteiger partial charge in [0.2, 0.25) is 0 Å². The van der Waals surface area contributed by atoms with Crippen LogP contribution in [0.25, 0.3) is 0 Å². The Kier molecular flexibility index (Phi) is 6.14. The number of carbonyl (C=O) groups excluding carboxylic acids is 1. The second-order valence-corrected chi connectivity index (χ2v) is 6.99. The van der Waals surface area contributed by atoms with Crippen LogP contribution in [0.3, 0.4) is 0 Å². The van der Waals surface area contributed by atoms with E-state index in [0.29, 0.717) is 24.2 Å². The summed E-state index contributed by atoms with van der Waals surface area (Å²) in [5, 5.41) is 19.8. The number of rotatable bonds is 8. The summed E-state index contributed by atoms with van der Waals surface area (Å²) in [6, 6.07) is 18.9. The van der Waals surface area contributed by atoms with Crippen molar-refractivity contribution in [2.75, 3.05) is 0 Å². The summed E-state index contributed by atoms with van der Waals surface area (Å²) in [7, 11) is 0. The average molecular weight is 411 g/mol. The van der Waals surface area contributed by atoms with Gasteiger partial charge in [0.1, 0.15) is 24.0 Å². The maximum atomic E-state index is 12.3. The third-order valence-electron chi connectivity index (χ3n) is 4.77. The molecule has 1 N–H and O–H groups in total. The van der Waals surface area contributed by atoms with E-state index in [2.05, 4.69) is 44.0 Å². The molecule has 31 heavy (non-hydrogen) atoms. The van der Waals surface area contributed by atoms with Crippen LogP contribution in [0.15, 0.2) is 73.1 Å². The lowest BCUT2D eigenvalue weighted by Crippen LogP contribution is -2.22. The first kappa shape index (κ1) is 20.0. The van der Waals surface area contributed by atoms with E-state index >= 15 is 0 Å². The van der Waals surface area contributed by atoms with Crippen molar-refractivity contribution < 1.29 is 4.79 Å². The number of terminal acetylenes is 1. The van der Waals surface area contributed by atoms with E-state index in [1.165, 1.54) is 0 Å². The summed E-state index contributed by atoms with van der Waals surface area (Å²) < 4.78 is 3.37. The number of hydrogen-bond donors (Lipinski definition) is 1. The first-order valence-electron chi connectivity index (χ1n) is 9.84. The molecule has 0 saturated carbocycles. The Hall–Kier alpha value is -4.25. The summed E-state index contributed by atoms with van der Waals surface area (Å²) in [5.41, 5.74) is 3.12. The molecule has 8 heteroatoms. The number of hydrogen-bond acceptors (Lipinski definition) is 5. The fourth-order valence-electron chi connectivity index (χ4n) is 3.22. The van der Waals surface area contributed by atoms with Gasteiger partial charge in [0.05, 0.1) is 18.9 Å². The number of nitrogens with zero attached hydrogens (tertiary/aromatic N) is 6. The molecule has 2 aromatic heterocycles. The maximum absolute atomic E-state index is 12.3. The summed E-state index contributed by atoms with van der Waals surface area (Å²) >= 11 is 0. The minimum atomic E-state index is -0.208. The third-order valence-corrected chi connectivity index (χ3v) is 4.77. The van der Waals surface area contributed by atoms with E-state index in [4.69, 9.17) is 6.42 Å². The largest absolute Gasteiger partial charge is 0.346 e. The zero-order chi connectivity index (χ0) is 21.5. The molecule has 1 atom stereocenters. The molecule has 0 radical (unpaired) electrons. The molecule has 0 bridgehead atoms. The Morgan fingerprint density at radius 3 is 2.48 bits per heavy atom. The van der Waals surface area contributed by atoms with Crippen LogP contribution in [0.5, 0.6) is 0 Å². The Morgan fingerprint density at radius 1 is 1.00 bits per heavy atom. The van der Waals surface area contributed by atoms with Gasteiger partial charge in [-0.2, -0.15) is 0 Å². The SMILES string of the molecule is C#CCn1cc([C@H](Cc2ccccc2)n2cc(CNC(=O)c3ccccc3)nn2)nn1. The molecule has 0 aliphatic rings. The Bertz CT molecular complexity index is 1180. The number of nitrogens with one attached hydrogen (secondary N) is 1. The molecule has 0 unspecified atom stereocenters. The van der Waals surface area contributed by atoms with Gasteiger partial charge < -0.3 is 5.32 Å². The zero-order valence-electron chi connectivity index (χ0n) is 16.8. The van der Waals surface area contributed by atoms with Crippen LogP contribution in [-0.2, 0) is 19.5 Å². The number of amides is 1. The van der Waals surface area contributed by atoms with Crippen LogP contribution in [-0.4, -0.2) is 35.9 Å². The Morgan fingerprint density at radius 2 is 1.74 bits per heavy atom. The summed E-state index contributed by atoms with van der Waals surface area (Å²) in [5.74, 6) is 2.40. The average Bonchev–Trinajstić information content (AvgIpc) is 3.47. The number of carbonyl (C=O) groups is 1. The molecule has 2 heterocycles. The second-order valence-electron chi connectivity index (χ2n) is 6.99. The lowest BCUT2D eigenvalue weighted by molar-refractivity contribution is 0.0950. The molecular weight excluding hydrogens is 390 g/mol. The fourth-order valence-corrected chi connectivity index (χ4v) is 3.22. The molecule has 0 fully saturated rings. The molecule has 4 rings (SSSR count). The van der Waals surface area contributed by atoms with Crippen LogP contribution < -0.4 is 5.32 Å². The summed E-state index contributed by atoms with van der Waals surface area (Å²) in [4.78, 5) is 12.3. The molecule has 154 valence electrons. The first-order chi connectivity index (χ1) is 15.2. The van der Waals surface area contributed by atoms with E-state index in [9.17, 15) is 4.79 Å². The molecule has 0 saturated heterocycles. The van der Waals surface area contributed by atoms with Gasteiger partial charge in [-0.25, -0.2) is 9.36 Å². The quantitative estimate of drug-likeness (QED) is 0.449. The lowest BCUT2D eigenvalue weighted by Gasteiger charge is -2.14. The van der Waals surface area contributed by atoms with Crippen molar-refractivity contribution in [3.63, 3.8) is 0 Å². The van der Waals surface area contributed by atoms with Crippen LogP contribution in [0.2, 0.25) is 0 Å². The molecule has 1 amide bonds. The van der Waals surface area contributed by atoms with Gasteiger partial charge in [-0.1, -0.05) is 64.9 Å². The highest BCUT2D eigenvalue weighted by Crippen LogP contribution is 2.21. The van der Waals surface area contributed by atoms with Crippen LogP contribution >= 0.6 is 0 Å². The van der Waals surface area contributed by atoms with Gasteiger partial charge in [-0.15, -0.1) is 16.6 Å². The van der Waals surface area contributed by atoms with Crippen molar-refractivity contribution in [1.29, 1.82) is 0 Å². The highest BCUT2D eigenvalue weighted by molar-refractivity contribution is 5.94.